The van der Waals surface area contributed by atoms with Crippen LogP contribution in [0.1, 0.15) is 28.1 Å². The molecule has 0 saturated heterocycles. The molecule has 158 valence electrons. The van der Waals surface area contributed by atoms with E-state index in [9.17, 15) is 13.2 Å². The molecule has 3 aromatic heterocycles. The van der Waals surface area contributed by atoms with Crippen LogP contribution in [0.4, 0.5) is 13.2 Å². The van der Waals surface area contributed by atoms with E-state index in [4.69, 9.17) is 10.7 Å². The molecule has 0 fully saturated rings. The van der Waals surface area contributed by atoms with Crippen LogP contribution in [-0.2, 0) is 11.7 Å². The molecule has 8 heteroatoms. The Hall–Kier alpha value is -4.07. The van der Waals surface area contributed by atoms with E-state index in [1.807, 2.05) is 36.4 Å². The number of benzene rings is 1. The second kappa shape index (κ2) is 7.26. The van der Waals surface area contributed by atoms with Crippen molar-refractivity contribution in [3.05, 3.63) is 114 Å². The van der Waals surface area contributed by atoms with Gasteiger partial charge in [-0.1, -0.05) is 30.3 Å². The van der Waals surface area contributed by atoms with E-state index in [0.29, 0.717) is 22.4 Å². The first-order valence-electron chi connectivity index (χ1n) is 9.75. The first-order chi connectivity index (χ1) is 15.4. The van der Waals surface area contributed by atoms with E-state index < -0.39 is 17.4 Å². The highest BCUT2D eigenvalue weighted by Crippen LogP contribution is 2.46. The zero-order valence-electron chi connectivity index (χ0n) is 16.6. The number of fused-ring (bicyclic) bond motifs is 1. The molecule has 5 nitrogen and oxygen atoms in total. The number of alkyl halides is 3. The van der Waals surface area contributed by atoms with Crippen molar-refractivity contribution in [3.63, 3.8) is 0 Å². The Morgan fingerprint density at radius 3 is 2.34 bits per heavy atom. The lowest BCUT2D eigenvalue weighted by Crippen LogP contribution is -2.26. The van der Waals surface area contributed by atoms with Crippen molar-refractivity contribution in [2.45, 2.75) is 11.7 Å². The maximum atomic E-state index is 13.5. The van der Waals surface area contributed by atoms with Gasteiger partial charge < -0.3 is 5.73 Å². The quantitative estimate of drug-likeness (QED) is 0.516. The molecule has 0 saturated carbocycles. The van der Waals surface area contributed by atoms with Crippen LogP contribution in [0.2, 0.25) is 0 Å². The summed E-state index contributed by atoms with van der Waals surface area (Å²) in [5.74, 6) is 0.165. The lowest BCUT2D eigenvalue weighted by Gasteiger charge is -2.29. The molecule has 4 heterocycles. The standard InChI is InChI=1S/C24H16F3N5/c25-24(26,27)20-13-18(8-11-30-20)23(19-7-3-10-31-21(19)22(28)32-23)17-6-1-4-15(12-17)16-5-2-9-29-14-16/h1-14H,(H2,28,32). The topological polar surface area (TPSA) is 77.0 Å². The molecular weight excluding hydrogens is 415 g/mol. The number of pyridine rings is 3. The van der Waals surface area contributed by atoms with E-state index >= 15 is 0 Å². The van der Waals surface area contributed by atoms with E-state index in [2.05, 4.69) is 15.0 Å². The van der Waals surface area contributed by atoms with Gasteiger partial charge in [-0.05, 0) is 52.6 Å². The Kier molecular flexibility index (Phi) is 4.51. The molecule has 1 aromatic carbocycles. The second-order valence-corrected chi connectivity index (χ2v) is 7.36. The molecule has 1 unspecified atom stereocenters. The molecule has 4 aromatic rings. The molecular formula is C24H16F3N5. The highest BCUT2D eigenvalue weighted by atomic mass is 19.4. The summed E-state index contributed by atoms with van der Waals surface area (Å²) in [4.78, 5) is 16.7. The predicted octanol–water partition coefficient (Wildman–Crippen LogP) is 4.57. The summed E-state index contributed by atoms with van der Waals surface area (Å²) in [7, 11) is 0. The first kappa shape index (κ1) is 19.9. The summed E-state index contributed by atoms with van der Waals surface area (Å²) >= 11 is 0. The lowest BCUT2D eigenvalue weighted by atomic mass is 9.78. The van der Waals surface area contributed by atoms with Gasteiger partial charge in [-0.2, -0.15) is 13.2 Å². The monoisotopic (exact) mass is 431 g/mol. The van der Waals surface area contributed by atoms with Gasteiger partial charge in [0.1, 0.15) is 22.8 Å². The van der Waals surface area contributed by atoms with Crippen LogP contribution in [0.5, 0.6) is 0 Å². The van der Waals surface area contributed by atoms with Crippen molar-refractivity contribution in [2.24, 2.45) is 10.7 Å². The minimum absolute atomic E-state index is 0.165. The minimum Gasteiger partial charge on any atom is -0.382 e. The van der Waals surface area contributed by atoms with Crippen LogP contribution in [0.15, 0.2) is 90.4 Å². The fourth-order valence-corrected chi connectivity index (χ4v) is 4.07. The van der Waals surface area contributed by atoms with Gasteiger partial charge in [-0.3, -0.25) is 15.0 Å². The number of aromatic nitrogens is 3. The maximum absolute atomic E-state index is 13.5. The third-order valence-electron chi connectivity index (χ3n) is 5.47. The van der Waals surface area contributed by atoms with E-state index in [0.717, 1.165) is 23.4 Å². The highest BCUT2D eigenvalue weighted by molar-refractivity contribution is 6.01. The van der Waals surface area contributed by atoms with Gasteiger partial charge in [0.05, 0.1) is 0 Å². The molecule has 0 bridgehead atoms. The molecule has 32 heavy (non-hydrogen) atoms. The van der Waals surface area contributed by atoms with Gasteiger partial charge in [0, 0.05) is 30.4 Å². The van der Waals surface area contributed by atoms with Crippen molar-refractivity contribution in [2.75, 3.05) is 0 Å². The van der Waals surface area contributed by atoms with Gasteiger partial charge >= 0.3 is 6.18 Å². The number of nitrogens with zero attached hydrogens (tertiary/aromatic N) is 4. The van der Waals surface area contributed by atoms with Crippen molar-refractivity contribution in [1.29, 1.82) is 0 Å². The third kappa shape index (κ3) is 3.11. The van der Waals surface area contributed by atoms with Gasteiger partial charge in [-0.25, -0.2) is 4.99 Å². The van der Waals surface area contributed by atoms with Crippen molar-refractivity contribution < 1.29 is 13.2 Å². The Morgan fingerprint density at radius 1 is 0.781 bits per heavy atom. The zero-order valence-corrected chi connectivity index (χ0v) is 16.6. The van der Waals surface area contributed by atoms with Crippen LogP contribution in [-0.4, -0.2) is 20.8 Å². The summed E-state index contributed by atoms with van der Waals surface area (Å²) in [6, 6.07) is 17.3. The molecule has 1 atom stereocenters. The Morgan fingerprint density at radius 2 is 1.56 bits per heavy atom. The second-order valence-electron chi connectivity index (χ2n) is 7.36. The predicted molar refractivity (Wildman–Crippen MR) is 114 cm³/mol. The van der Waals surface area contributed by atoms with Gasteiger partial charge in [-0.15, -0.1) is 0 Å². The first-order valence-corrected chi connectivity index (χ1v) is 9.75. The Labute approximate surface area is 181 Å². The summed E-state index contributed by atoms with van der Waals surface area (Å²) in [6.45, 7) is 0. The van der Waals surface area contributed by atoms with E-state index in [1.54, 1.807) is 30.7 Å². The molecule has 0 aliphatic carbocycles. The summed E-state index contributed by atoms with van der Waals surface area (Å²) in [6.07, 6.45) is 1.53. The SMILES string of the molecule is NC1=NC(c2cccc(-c3cccnc3)c2)(c2ccnc(C(F)(F)F)c2)c2cccnc21. The van der Waals surface area contributed by atoms with Crippen molar-refractivity contribution in [3.8, 4) is 11.1 Å². The normalized spacial score (nSPS) is 17.7. The summed E-state index contributed by atoms with van der Waals surface area (Å²) in [5.41, 5.74) is 7.66. The van der Waals surface area contributed by atoms with Crippen LogP contribution in [0.25, 0.3) is 11.1 Å². The Balaban J connectivity index is 1.80. The largest absolute Gasteiger partial charge is 0.433 e. The molecule has 5 rings (SSSR count). The molecule has 2 N–H and O–H groups in total. The summed E-state index contributed by atoms with van der Waals surface area (Å²) < 4.78 is 40.5. The van der Waals surface area contributed by atoms with Gasteiger partial charge in [0.25, 0.3) is 0 Å². The molecule has 1 aliphatic rings. The fraction of sp³-hybridized carbons (Fsp3) is 0.0833. The van der Waals surface area contributed by atoms with Crippen molar-refractivity contribution >= 4 is 5.84 Å². The number of hydrogen-bond donors (Lipinski definition) is 1. The lowest BCUT2D eigenvalue weighted by molar-refractivity contribution is -0.141. The maximum Gasteiger partial charge on any atom is 0.433 e. The molecule has 1 aliphatic heterocycles. The number of rotatable bonds is 3. The van der Waals surface area contributed by atoms with Crippen LogP contribution in [0.3, 0.4) is 0 Å². The number of halogens is 3. The van der Waals surface area contributed by atoms with Gasteiger partial charge in [0.15, 0.2) is 0 Å². The van der Waals surface area contributed by atoms with E-state index in [-0.39, 0.29) is 5.84 Å². The molecule has 0 amide bonds. The number of hydrogen-bond acceptors (Lipinski definition) is 5. The smallest absolute Gasteiger partial charge is 0.382 e. The van der Waals surface area contributed by atoms with Gasteiger partial charge in [0.2, 0.25) is 0 Å². The van der Waals surface area contributed by atoms with Crippen LogP contribution in [0, 0.1) is 0 Å². The number of aliphatic imine (C=N–C) groups is 1. The van der Waals surface area contributed by atoms with E-state index in [1.165, 1.54) is 6.07 Å². The van der Waals surface area contributed by atoms with Crippen LogP contribution >= 0.6 is 0 Å². The zero-order chi connectivity index (χ0) is 22.3. The molecule has 0 radical (unpaired) electrons. The third-order valence-corrected chi connectivity index (χ3v) is 5.47. The summed E-state index contributed by atoms with van der Waals surface area (Å²) in [5, 5.41) is 0. The van der Waals surface area contributed by atoms with Crippen LogP contribution < -0.4 is 5.73 Å². The Bertz CT molecular complexity index is 1330. The number of amidine groups is 1. The van der Waals surface area contributed by atoms with Crippen molar-refractivity contribution in [1.82, 2.24) is 15.0 Å². The molecule has 0 spiro atoms. The fourth-order valence-electron chi connectivity index (χ4n) is 4.07. The minimum atomic E-state index is -4.60. The average Bonchev–Trinajstić information content (AvgIpc) is 3.13. The number of nitrogens with two attached hydrogens (primary N) is 1. The average molecular weight is 431 g/mol. The highest BCUT2D eigenvalue weighted by Gasteiger charge is 2.45.